The fourth-order valence-corrected chi connectivity index (χ4v) is 5.31. The Hall–Kier alpha value is -1.51. The Morgan fingerprint density at radius 3 is 1.66 bits per heavy atom. The zero-order chi connectivity index (χ0) is 26.8. The van der Waals surface area contributed by atoms with Crippen molar-refractivity contribution in [3.05, 3.63) is 22.3 Å². The van der Waals surface area contributed by atoms with Crippen molar-refractivity contribution in [3.63, 3.8) is 0 Å². The predicted molar refractivity (Wildman–Crippen MR) is 148 cm³/mol. The predicted octanol–water partition coefficient (Wildman–Crippen LogP) is 9.00. The minimum Gasteiger partial charge on any atom is -0.294 e. The molecule has 0 N–H and O–H groups in total. The molecule has 0 aromatic rings. The van der Waals surface area contributed by atoms with Gasteiger partial charge in [0.2, 0.25) is 0 Å². The van der Waals surface area contributed by atoms with Crippen molar-refractivity contribution in [3.8, 4) is 0 Å². The lowest BCUT2D eigenvalue weighted by atomic mass is 9.79. The summed E-state index contributed by atoms with van der Waals surface area (Å²) in [6.45, 7) is 18.9. The highest BCUT2D eigenvalue weighted by atomic mass is 16.2. The molecule has 0 fully saturated rings. The maximum atomic E-state index is 12.8. The van der Waals surface area contributed by atoms with Gasteiger partial charge in [0, 0.05) is 23.1 Å². The maximum Gasteiger partial charge on any atom is 0.193 e. The van der Waals surface area contributed by atoms with Gasteiger partial charge in [0.15, 0.2) is 17.3 Å². The van der Waals surface area contributed by atoms with E-state index in [-0.39, 0.29) is 28.3 Å². The average molecular weight is 487 g/mol. The molecule has 3 heteroatoms. The highest BCUT2D eigenvalue weighted by Gasteiger charge is 2.31. The second kappa shape index (κ2) is 14.9. The molecule has 200 valence electrons. The smallest absolute Gasteiger partial charge is 0.193 e. The molecule has 0 radical (unpaired) electrons. The highest BCUT2D eigenvalue weighted by Crippen LogP contribution is 2.32. The van der Waals surface area contributed by atoms with Gasteiger partial charge in [-0.1, -0.05) is 92.9 Å². The molecule has 0 saturated heterocycles. The van der Waals surface area contributed by atoms with E-state index in [1.807, 2.05) is 0 Å². The lowest BCUT2D eigenvalue weighted by Gasteiger charge is -2.25. The molecule has 1 rings (SSSR count). The highest BCUT2D eigenvalue weighted by molar-refractivity contribution is 6.35. The number of allylic oxidation sites excluding steroid dienone is 4. The van der Waals surface area contributed by atoms with Gasteiger partial charge in [-0.15, -0.1) is 0 Å². The van der Waals surface area contributed by atoms with Gasteiger partial charge in [-0.05, 0) is 63.2 Å². The second-order valence-electron chi connectivity index (χ2n) is 12.7. The molecular weight excluding hydrogens is 432 g/mol. The first-order valence-electron chi connectivity index (χ1n) is 14.3. The molecule has 1 aliphatic carbocycles. The third-order valence-electron chi connectivity index (χ3n) is 8.15. The largest absolute Gasteiger partial charge is 0.294 e. The van der Waals surface area contributed by atoms with Crippen LogP contribution in [0.1, 0.15) is 139 Å². The topological polar surface area (TPSA) is 51.2 Å². The van der Waals surface area contributed by atoms with Gasteiger partial charge >= 0.3 is 0 Å². The number of rotatable bonds is 17. The lowest BCUT2D eigenvalue weighted by Crippen LogP contribution is -2.25. The van der Waals surface area contributed by atoms with Crippen LogP contribution in [0.4, 0.5) is 0 Å². The van der Waals surface area contributed by atoms with Crippen molar-refractivity contribution in [2.24, 2.45) is 23.2 Å². The van der Waals surface area contributed by atoms with Crippen molar-refractivity contribution in [1.82, 2.24) is 0 Å². The molecule has 0 aromatic heterocycles. The standard InChI is InChI=1S/C32H54O3/c1-22(2)14-10-15-23(3)16-11-17-24(4)18-12-20-32(8,9)21-13-19-28(33)29-27(7)30(34)25(5)26(6)31(29)35/h22-24H,10-21H2,1-9H3. The van der Waals surface area contributed by atoms with Gasteiger partial charge in [-0.3, -0.25) is 14.4 Å². The van der Waals surface area contributed by atoms with Crippen molar-refractivity contribution < 1.29 is 14.4 Å². The van der Waals surface area contributed by atoms with E-state index in [0.717, 1.165) is 37.0 Å². The molecule has 1 aliphatic rings. The number of hydrogen-bond acceptors (Lipinski definition) is 3. The lowest BCUT2D eigenvalue weighted by molar-refractivity contribution is -0.122. The molecule has 35 heavy (non-hydrogen) atoms. The third-order valence-corrected chi connectivity index (χ3v) is 8.15. The summed E-state index contributed by atoms with van der Waals surface area (Å²) in [5.74, 6) is 1.86. The minimum atomic E-state index is -0.261. The summed E-state index contributed by atoms with van der Waals surface area (Å²) in [6.07, 6.45) is 13.9. The Kier molecular flexibility index (Phi) is 13.4. The first kappa shape index (κ1) is 31.5. The minimum absolute atomic E-state index is 0.124. The monoisotopic (exact) mass is 486 g/mol. The molecule has 0 spiro atoms. The van der Waals surface area contributed by atoms with E-state index >= 15 is 0 Å². The number of carbonyl (C=O) groups excluding carboxylic acids is 3. The summed E-state index contributed by atoms with van der Waals surface area (Å²) in [6, 6.07) is 0. The first-order chi connectivity index (χ1) is 16.3. The van der Waals surface area contributed by atoms with Crippen molar-refractivity contribution in [2.45, 2.75) is 139 Å². The van der Waals surface area contributed by atoms with E-state index in [9.17, 15) is 14.4 Å². The summed E-state index contributed by atoms with van der Waals surface area (Å²) in [5, 5.41) is 0. The fourth-order valence-electron chi connectivity index (χ4n) is 5.31. The molecule has 0 bridgehead atoms. The maximum absolute atomic E-state index is 12.8. The van der Waals surface area contributed by atoms with Crippen LogP contribution in [0, 0.1) is 23.2 Å². The molecule has 2 atom stereocenters. The Morgan fingerprint density at radius 1 is 0.657 bits per heavy atom. The van der Waals surface area contributed by atoms with Crippen LogP contribution in [0.3, 0.4) is 0 Å². The Bertz CT molecular complexity index is 794. The van der Waals surface area contributed by atoms with Crippen molar-refractivity contribution >= 4 is 17.3 Å². The molecule has 0 amide bonds. The molecule has 0 heterocycles. The summed E-state index contributed by atoms with van der Waals surface area (Å²) >= 11 is 0. The summed E-state index contributed by atoms with van der Waals surface area (Å²) in [5.41, 5.74) is 1.52. The Morgan fingerprint density at radius 2 is 1.11 bits per heavy atom. The fraction of sp³-hybridized carbons (Fsp3) is 0.781. The molecule has 0 aliphatic heterocycles. The second-order valence-corrected chi connectivity index (χ2v) is 12.7. The van der Waals surface area contributed by atoms with Crippen LogP contribution in [0.25, 0.3) is 0 Å². The Balaban J connectivity index is 2.31. The third kappa shape index (κ3) is 11.0. The normalized spacial score (nSPS) is 17.0. The quantitative estimate of drug-likeness (QED) is 0.152. The molecule has 0 saturated carbocycles. The van der Waals surface area contributed by atoms with Gasteiger partial charge < -0.3 is 0 Å². The average Bonchev–Trinajstić information content (AvgIpc) is 2.76. The number of carbonyl (C=O) groups is 3. The number of ketones is 3. The van der Waals surface area contributed by atoms with E-state index < -0.39 is 0 Å². The van der Waals surface area contributed by atoms with Crippen LogP contribution in [0.2, 0.25) is 0 Å². The van der Waals surface area contributed by atoms with Crippen LogP contribution in [-0.2, 0) is 14.4 Å². The molecular formula is C32H54O3. The van der Waals surface area contributed by atoms with E-state index in [1.54, 1.807) is 20.8 Å². The van der Waals surface area contributed by atoms with Gasteiger partial charge in [0.1, 0.15) is 0 Å². The van der Waals surface area contributed by atoms with Gasteiger partial charge in [0.05, 0.1) is 5.57 Å². The zero-order valence-electron chi connectivity index (χ0n) is 24.4. The first-order valence-corrected chi connectivity index (χ1v) is 14.3. The summed E-state index contributed by atoms with van der Waals surface area (Å²) in [7, 11) is 0. The van der Waals surface area contributed by atoms with Gasteiger partial charge in [-0.2, -0.15) is 0 Å². The Labute approximate surface area is 216 Å². The summed E-state index contributed by atoms with van der Waals surface area (Å²) in [4.78, 5) is 37.7. The van der Waals surface area contributed by atoms with E-state index in [2.05, 4.69) is 41.5 Å². The van der Waals surface area contributed by atoms with Gasteiger partial charge in [0.25, 0.3) is 0 Å². The zero-order valence-corrected chi connectivity index (χ0v) is 24.4. The summed E-state index contributed by atoms with van der Waals surface area (Å²) < 4.78 is 0. The van der Waals surface area contributed by atoms with E-state index in [4.69, 9.17) is 0 Å². The van der Waals surface area contributed by atoms with Crippen LogP contribution >= 0.6 is 0 Å². The number of Topliss-reactive ketones (excluding diaryl/α,β-unsaturated/α-hetero) is 3. The van der Waals surface area contributed by atoms with Gasteiger partial charge in [-0.25, -0.2) is 0 Å². The van der Waals surface area contributed by atoms with Crippen molar-refractivity contribution in [2.75, 3.05) is 0 Å². The SMILES string of the molecule is CC1=C(C)C(=O)C(C(=O)CCCC(C)(C)CCCC(C)CCCC(C)CCCC(C)C)=C(C)C1=O. The van der Waals surface area contributed by atoms with Crippen molar-refractivity contribution in [1.29, 1.82) is 0 Å². The van der Waals surface area contributed by atoms with E-state index in [1.165, 1.54) is 51.4 Å². The molecule has 2 unspecified atom stereocenters. The molecule has 3 nitrogen and oxygen atoms in total. The van der Waals surface area contributed by atoms with Crippen LogP contribution < -0.4 is 0 Å². The van der Waals surface area contributed by atoms with Crippen LogP contribution in [0.15, 0.2) is 22.3 Å². The van der Waals surface area contributed by atoms with Crippen LogP contribution in [0.5, 0.6) is 0 Å². The molecule has 0 aromatic carbocycles. The number of hydrogen-bond donors (Lipinski definition) is 0. The van der Waals surface area contributed by atoms with E-state index in [0.29, 0.717) is 23.1 Å². The van der Waals surface area contributed by atoms with Crippen LogP contribution in [-0.4, -0.2) is 17.3 Å².